The van der Waals surface area contributed by atoms with Gasteiger partial charge in [-0.2, -0.15) is 0 Å². The van der Waals surface area contributed by atoms with Crippen LogP contribution in [0.3, 0.4) is 0 Å². The summed E-state index contributed by atoms with van der Waals surface area (Å²) in [4.78, 5) is 24.3. The van der Waals surface area contributed by atoms with E-state index in [1.54, 1.807) is 0 Å². The number of ether oxygens (including phenoxy) is 1. The van der Waals surface area contributed by atoms with Gasteiger partial charge in [-0.3, -0.25) is 9.59 Å². The van der Waals surface area contributed by atoms with Crippen molar-refractivity contribution < 1.29 is 14.3 Å². The van der Waals surface area contributed by atoms with Crippen LogP contribution in [0.25, 0.3) is 0 Å². The van der Waals surface area contributed by atoms with Crippen LogP contribution in [0.15, 0.2) is 24.3 Å². The predicted molar refractivity (Wildman–Crippen MR) is 101 cm³/mol. The summed E-state index contributed by atoms with van der Waals surface area (Å²) >= 11 is 6.01. The summed E-state index contributed by atoms with van der Waals surface area (Å²) in [7, 11) is 0. The molecule has 1 aliphatic heterocycles. The number of halogens is 1. The quantitative estimate of drug-likeness (QED) is 0.799. The summed E-state index contributed by atoms with van der Waals surface area (Å²) in [6.45, 7) is 1.94. The first kappa shape index (κ1) is 19.2. The van der Waals surface area contributed by atoms with Crippen molar-refractivity contribution in [3.8, 4) is 0 Å². The number of hydrogen-bond acceptors (Lipinski definition) is 3. The molecule has 1 saturated heterocycles. The smallest absolute Gasteiger partial charge is 0.239 e. The molecule has 1 aliphatic carbocycles. The SMILES string of the molecule is O=C(CNC(=O)C1CCCC1)NCC1(c2ccc(Cl)cc2)CCOCC1. The van der Waals surface area contributed by atoms with E-state index in [1.165, 1.54) is 5.56 Å². The lowest BCUT2D eigenvalue weighted by atomic mass is 9.74. The molecule has 2 fully saturated rings. The van der Waals surface area contributed by atoms with E-state index in [2.05, 4.69) is 10.6 Å². The van der Waals surface area contributed by atoms with Gasteiger partial charge >= 0.3 is 0 Å². The number of carbonyl (C=O) groups is 2. The van der Waals surface area contributed by atoms with Gasteiger partial charge in [-0.1, -0.05) is 36.6 Å². The molecule has 0 aromatic heterocycles. The summed E-state index contributed by atoms with van der Waals surface area (Å²) < 4.78 is 5.52. The first-order chi connectivity index (χ1) is 12.6. The molecule has 2 amide bonds. The van der Waals surface area contributed by atoms with Crippen LogP contribution in [-0.4, -0.2) is 38.1 Å². The van der Waals surface area contributed by atoms with Crippen molar-refractivity contribution in [3.05, 3.63) is 34.9 Å². The fraction of sp³-hybridized carbons (Fsp3) is 0.600. The van der Waals surface area contributed by atoms with E-state index in [0.717, 1.165) is 38.5 Å². The fourth-order valence-corrected chi connectivity index (χ4v) is 4.09. The number of benzene rings is 1. The van der Waals surface area contributed by atoms with Crippen LogP contribution < -0.4 is 10.6 Å². The van der Waals surface area contributed by atoms with Crippen molar-refractivity contribution >= 4 is 23.4 Å². The average molecular weight is 379 g/mol. The molecule has 1 saturated carbocycles. The molecule has 0 bridgehead atoms. The molecule has 0 atom stereocenters. The third-order valence-corrected chi connectivity index (χ3v) is 5.93. The molecular weight excluding hydrogens is 352 g/mol. The number of nitrogens with one attached hydrogen (secondary N) is 2. The molecule has 0 radical (unpaired) electrons. The van der Waals surface area contributed by atoms with Crippen LogP contribution in [0.4, 0.5) is 0 Å². The average Bonchev–Trinajstić information content (AvgIpc) is 3.20. The molecule has 6 heteroatoms. The van der Waals surface area contributed by atoms with Crippen molar-refractivity contribution in [1.82, 2.24) is 10.6 Å². The van der Waals surface area contributed by atoms with Crippen molar-refractivity contribution in [1.29, 1.82) is 0 Å². The number of amides is 2. The maximum atomic E-state index is 12.3. The molecule has 2 aliphatic rings. The van der Waals surface area contributed by atoms with Crippen molar-refractivity contribution in [2.75, 3.05) is 26.3 Å². The van der Waals surface area contributed by atoms with Crippen LogP contribution in [0.2, 0.25) is 5.02 Å². The second kappa shape index (κ2) is 8.87. The minimum absolute atomic E-state index is 0.0103. The first-order valence-corrected chi connectivity index (χ1v) is 9.85. The zero-order valence-corrected chi connectivity index (χ0v) is 15.8. The van der Waals surface area contributed by atoms with E-state index in [0.29, 0.717) is 24.8 Å². The van der Waals surface area contributed by atoms with E-state index in [-0.39, 0.29) is 29.7 Å². The molecule has 0 spiro atoms. The monoisotopic (exact) mass is 378 g/mol. The van der Waals surface area contributed by atoms with E-state index in [4.69, 9.17) is 16.3 Å². The van der Waals surface area contributed by atoms with Crippen LogP contribution >= 0.6 is 11.6 Å². The third kappa shape index (κ3) is 4.77. The first-order valence-electron chi connectivity index (χ1n) is 9.47. The van der Waals surface area contributed by atoms with Gasteiger partial charge in [-0.15, -0.1) is 0 Å². The second-order valence-electron chi connectivity index (χ2n) is 7.38. The predicted octanol–water partition coefficient (Wildman–Crippen LogP) is 2.81. The summed E-state index contributed by atoms with van der Waals surface area (Å²) in [5.74, 6) is -0.0500. The maximum Gasteiger partial charge on any atom is 0.239 e. The minimum atomic E-state index is -0.145. The maximum absolute atomic E-state index is 12.3. The Balaban J connectivity index is 1.54. The Bertz CT molecular complexity index is 620. The molecule has 1 heterocycles. The zero-order chi connectivity index (χ0) is 18.4. The van der Waals surface area contributed by atoms with Crippen molar-refractivity contribution in [2.24, 2.45) is 5.92 Å². The van der Waals surface area contributed by atoms with E-state index >= 15 is 0 Å². The molecule has 1 aromatic rings. The van der Waals surface area contributed by atoms with Gasteiger partial charge in [0, 0.05) is 36.1 Å². The molecular formula is C20H27ClN2O3. The molecule has 0 unspecified atom stereocenters. The zero-order valence-electron chi connectivity index (χ0n) is 15.1. The van der Waals surface area contributed by atoms with E-state index in [1.807, 2.05) is 24.3 Å². The summed E-state index contributed by atoms with van der Waals surface area (Å²) in [5.41, 5.74) is 1.02. The standard InChI is InChI=1S/C20H27ClN2O3/c21-17-7-5-16(6-8-17)20(9-11-26-12-10-20)14-23-18(24)13-22-19(25)15-3-1-2-4-15/h5-8,15H,1-4,9-14H2,(H,22,25)(H,23,24). The Morgan fingerprint density at radius 2 is 1.73 bits per heavy atom. The van der Waals surface area contributed by atoms with Gasteiger partial charge in [0.25, 0.3) is 0 Å². The van der Waals surface area contributed by atoms with E-state index in [9.17, 15) is 9.59 Å². The molecule has 1 aromatic carbocycles. The van der Waals surface area contributed by atoms with Gasteiger partial charge in [0.1, 0.15) is 0 Å². The number of hydrogen-bond donors (Lipinski definition) is 2. The minimum Gasteiger partial charge on any atom is -0.381 e. The second-order valence-corrected chi connectivity index (χ2v) is 7.81. The number of rotatable bonds is 6. The highest BCUT2D eigenvalue weighted by Gasteiger charge is 2.35. The molecule has 5 nitrogen and oxygen atoms in total. The summed E-state index contributed by atoms with van der Waals surface area (Å²) in [6, 6.07) is 7.83. The third-order valence-electron chi connectivity index (χ3n) is 5.68. The highest BCUT2D eigenvalue weighted by atomic mass is 35.5. The summed E-state index contributed by atoms with van der Waals surface area (Å²) in [6.07, 6.45) is 5.79. The Kier molecular flexibility index (Phi) is 6.54. The lowest BCUT2D eigenvalue weighted by Gasteiger charge is -2.38. The van der Waals surface area contributed by atoms with Crippen LogP contribution in [0, 0.1) is 5.92 Å². The van der Waals surface area contributed by atoms with Crippen molar-refractivity contribution in [3.63, 3.8) is 0 Å². The number of carbonyl (C=O) groups excluding carboxylic acids is 2. The fourth-order valence-electron chi connectivity index (χ4n) is 3.96. The Morgan fingerprint density at radius 1 is 1.08 bits per heavy atom. The molecule has 2 N–H and O–H groups in total. The van der Waals surface area contributed by atoms with Gasteiger partial charge in [0.15, 0.2) is 0 Å². The van der Waals surface area contributed by atoms with E-state index < -0.39 is 0 Å². The molecule has 26 heavy (non-hydrogen) atoms. The van der Waals surface area contributed by atoms with Gasteiger partial charge in [-0.05, 0) is 43.4 Å². The highest BCUT2D eigenvalue weighted by Crippen LogP contribution is 2.34. The van der Waals surface area contributed by atoms with Gasteiger partial charge in [0.2, 0.25) is 11.8 Å². The summed E-state index contributed by atoms with van der Waals surface area (Å²) in [5, 5.41) is 6.49. The van der Waals surface area contributed by atoms with Gasteiger partial charge in [0.05, 0.1) is 6.54 Å². The van der Waals surface area contributed by atoms with Gasteiger partial charge in [-0.25, -0.2) is 0 Å². The lowest BCUT2D eigenvalue weighted by Crippen LogP contribution is -2.47. The van der Waals surface area contributed by atoms with Crippen LogP contribution in [0.5, 0.6) is 0 Å². The van der Waals surface area contributed by atoms with Crippen molar-refractivity contribution in [2.45, 2.75) is 43.9 Å². The Morgan fingerprint density at radius 3 is 2.38 bits per heavy atom. The van der Waals surface area contributed by atoms with Crippen LogP contribution in [-0.2, 0) is 19.7 Å². The molecule has 142 valence electrons. The lowest BCUT2D eigenvalue weighted by molar-refractivity contribution is -0.128. The topological polar surface area (TPSA) is 67.4 Å². The normalized spacial score (nSPS) is 19.9. The van der Waals surface area contributed by atoms with Gasteiger partial charge < -0.3 is 15.4 Å². The highest BCUT2D eigenvalue weighted by molar-refractivity contribution is 6.30. The Hall–Kier alpha value is -1.59. The Labute approximate surface area is 159 Å². The molecule has 3 rings (SSSR count). The van der Waals surface area contributed by atoms with Crippen LogP contribution in [0.1, 0.15) is 44.1 Å². The largest absolute Gasteiger partial charge is 0.381 e.